The molecule has 13 heavy (non-hydrogen) atoms. The fraction of sp³-hybridized carbons (Fsp3) is 0.100. The number of aromatic amines is 1. The molecular formula is C10H10N2O. The number of para-hydroxylation sites is 1. The fourth-order valence-corrected chi connectivity index (χ4v) is 1.42. The lowest BCUT2D eigenvalue weighted by Crippen LogP contribution is -1.91. The van der Waals surface area contributed by atoms with E-state index in [0.29, 0.717) is 5.71 Å². The van der Waals surface area contributed by atoms with Crippen LogP contribution in [0.3, 0.4) is 0 Å². The van der Waals surface area contributed by atoms with Gasteiger partial charge in [-0.05, 0) is 13.0 Å². The summed E-state index contributed by atoms with van der Waals surface area (Å²) < 4.78 is 0. The van der Waals surface area contributed by atoms with Gasteiger partial charge in [0.2, 0.25) is 0 Å². The van der Waals surface area contributed by atoms with Crippen LogP contribution in [-0.4, -0.2) is 15.9 Å². The predicted molar refractivity (Wildman–Crippen MR) is 52.3 cm³/mol. The van der Waals surface area contributed by atoms with Crippen LogP contribution in [0.15, 0.2) is 35.6 Å². The van der Waals surface area contributed by atoms with E-state index < -0.39 is 0 Å². The van der Waals surface area contributed by atoms with Gasteiger partial charge >= 0.3 is 0 Å². The number of hydrogen-bond acceptors (Lipinski definition) is 2. The van der Waals surface area contributed by atoms with E-state index in [1.54, 1.807) is 6.92 Å². The zero-order valence-corrected chi connectivity index (χ0v) is 7.28. The summed E-state index contributed by atoms with van der Waals surface area (Å²) in [6.45, 7) is 1.77. The van der Waals surface area contributed by atoms with E-state index in [4.69, 9.17) is 5.21 Å². The second kappa shape index (κ2) is 2.94. The Bertz CT molecular complexity index is 457. The van der Waals surface area contributed by atoms with Crippen molar-refractivity contribution in [2.75, 3.05) is 0 Å². The molecule has 0 saturated heterocycles. The Morgan fingerprint density at radius 3 is 2.92 bits per heavy atom. The Kier molecular flexibility index (Phi) is 1.77. The highest BCUT2D eigenvalue weighted by atomic mass is 16.4. The molecular weight excluding hydrogens is 164 g/mol. The van der Waals surface area contributed by atoms with Crippen LogP contribution in [0.5, 0.6) is 0 Å². The van der Waals surface area contributed by atoms with Crippen LogP contribution >= 0.6 is 0 Å². The van der Waals surface area contributed by atoms with Gasteiger partial charge in [-0.2, -0.15) is 0 Å². The minimum atomic E-state index is 0.623. The highest BCUT2D eigenvalue weighted by molar-refractivity contribution is 6.09. The van der Waals surface area contributed by atoms with Gasteiger partial charge in [0, 0.05) is 22.7 Å². The molecule has 2 aromatic rings. The normalized spacial score (nSPS) is 12.2. The number of oxime groups is 1. The van der Waals surface area contributed by atoms with Crippen LogP contribution < -0.4 is 0 Å². The van der Waals surface area contributed by atoms with Gasteiger partial charge in [-0.1, -0.05) is 23.4 Å². The van der Waals surface area contributed by atoms with Crippen molar-refractivity contribution < 1.29 is 5.21 Å². The average molecular weight is 174 g/mol. The lowest BCUT2D eigenvalue weighted by molar-refractivity contribution is 0.319. The quantitative estimate of drug-likeness (QED) is 0.389. The molecule has 2 rings (SSSR count). The summed E-state index contributed by atoms with van der Waals surface area (Å²) in [5, 5.41) is 12.9. The Morgan fingerprint density at radius 2 is 2.15 bits per heavy atom. The van der Waals surface area contributed by atoms with Crippen molar-refractivity contribution in [1.29, 1.82) is 0 Å². The molecule has 3 heteroatoms. The van der Waals surface area contributed by atoms with Crippen LogP contribution in [0.25, 0.3) is 10.9 Å². The van der Waals surface area contributed by atoms with Gasteiger partial charge in [0.15, 0.2) is 0 Å². The standard InChI is InChI=1S/C10H10N2O/c1-7(12-13)9-6-11-10-5-3-2-4-8(9)10/h2-6,11,13H,1H3. The molecule has 1 aromatic heterocycles. The maximum atomic E-state index is 8.64. The van der Waals surface area contributed by atoms with Crippen molar-refractivity contribution in [3.8, 4) is 0 Å². The number of benzene rings is 1. The Hall–Kier alpha value is -1.77. The topological polar surface area (TPSA) is 48.4 Å². The van der Waals surface area contributed by atoms with E-state index in [1.165, 1.54) is 0 Å². The van der Waals surface area contributed by atoms with Gasteiger partial charge in [0.25, 0.3) is 0 Å². The number of H-pyrrole nitrogens is 1. The minimum absolute atomic E-state index is 0.623. The van der Waals surface area contributed by atoms with Crippen molar-refractivity contribution in [3.63, 3.8) is 0 Å². The second-order valence-corrected chi connectivity index (χ2v) is 2.93. The van der Waals surface area contributed by atoms with Crippen LogP contribution in [-0.2, 0) is 0 Å². The molecule has 3 nitrogen and oxygen atoms in total. The molecule has 0 atom stereocenters. The highest BCUT2D eigenvalue weighted by Gasteiger charge is 2.04. The maximum Gasteiger partial charge on any atom is 0.0858 e. The lowest BCUT2D eigenvalue weighted by Gasteiger charge is -1.94. The van der Waals surface area contributed by atoms with Gasteiger partial charge in [-0.25, -0.2) is 0 Å². The number of aromatic nitrogens is 1. The van der Waals surface area contributed by atoms with Gasteiger partial charge in [0.05, 0.1) is 5.71 Å². The molecule has 0 unspecified atom stereocenters. The van der Waals surface area contributed by atoms with Crippen molar-refractivity contribution in [3.05, 3.63) is 36.0 Å². The van der Waals surface area contributed by atoms with Crippen molar-refractivity contribution in [1.82, 2.24) is 4.98 Å². The monoisotopic (exact) mass is 174 g/mol. The van der Waals surface area contributed by atoms with Gasteiger partial charge in [0.1, 0.15) is 0 Å². The molecule has 0 radical (unpaired) electrons. The van der Waals surface area contributed by atoms with Crippen molar-refractivity contribution >= 4 is 16.6 Å². The van der Waals surface area contributed by atoms with E-state index in [2.05, 4.69) is 10.1 Å². The summed E-state index contributed by atoms with van der Waals surface area (Å²) in [6, 6.07) is 7.91. The summed E-state index contributed by atoms with van der Waals surface area (Å²) in [6.07, 6.45) is 1.85. The summed E-state index contributed by atoms with van der Waals surface area (Å²) in [5.74, 6) is 0. The first kappa shape index (κ1) is 7.86. The van der Waals surface area contributed by atoms with E-state index in [0.717, 1.165) is 16.5 Å². The SMILES string of the molecule is CC(=NO)c1c[nH]c2ccccc12. The molecule has 0 spiro atoms. The molecule has 0 amide bonds. The summed E-state index contributed by atoms with van der Waals surface area (Å²) in [5.41, 5.74) is 2.62. The van der Waals surface area contributed by atoms with Gasteiger partial charge in [-0.3, -0.25) is 0 Å². The largest absolute Gasteiger partial charge is 0.411 e. The van der Waals surface area contributed by atoms with Crippen LogP contribution in [0.4, 0.5) is 0 Å². The minimum Gasteiger partial charge on any atom is -0.411 e. The Morgan fingerprint density at radius 1 is 1.38 bits per heavy atom. The average Bonchev–Trinajstić information content (AvgIpc) is 2.60. The summed E-state index contributed by atoms with van der Waals surface area (Å²) in [7, 11) is 0. The molecule has 66 valence electrons. The molecule has 0 aliphatic carbocycles. The number of fused-ring (bicyclic) bond motifs is 1. The van der Waals surface area contributed by atoms with Crippen LogP contribution in [0.1, 0.15) is 12.5 Å². The van der Waals surface area contributed by atoms with Crippen molar-refractivity contribution in [2.45, 2.75) is 6.92 Å². The van der Waals surface area contributed by atoms with Crippen LogP contribution in [0, 0.1) is 0 Å². The molecule has 1 aromatic carbocycles. The summed E-state index contributed by atoms with van der Waals surface area (Å²) >= 11 is 0. The molecule has 0 aliphatic heterocycles. The second-order valence-electron chi connectivity index (χ2n) is 2.93. The lowest BCUT2D eigenvalue weighted by atomic mass is 10.1. The predicted octanol–water partition coefficient (Wildman–Crippen LogP) is 2.37. The first-order chi connectivity index (χ1) is 6.33. The number of nitrogens with zero attached hydrogens (tertiary/aromatic N) is 1. The van der Waals surface area contributed by atoms with Crippen LogP contribution in [0.2, 0.25) is 0 Å². The molecule has 0 aliphatic rings. The molecule has 0 fully saturated rings. The maximum absolute atomic E-state index is 8.64. The third-order valence-corrected chi connectivity index (χ3v) is 2.13. The number of nitrogens with one attached hydrogen (secondary N) is 1. The number of hydrogen-bond donors (Lipinski definition) is 2. The fourth-order valence-electron chi connectivity index (χ4n) is 1.42. The summed E-state index contributed by atoms with van der Waals surface area (Å²) in [4.78, 5) is 3.11. The Labute approximate surface area is 75.7 Å². The third kappa shape index (κ3) is 1.18. The molecule has 1 heterocycles. The van der Waals surface area contributed by atoms with E-state index >= 15 is 0 Å². The Balaban J connectivity index is 2.71. The highest BCUT2D eigenvalue weighted by Crippen LogP contribution is 2.17. The number of rotatable bonds is 1. The van der Waals surface area contributed by atoms with Gasteiger partial charge in [-0.15, -0.1) is 0 Å². The van der Waals surface area contributed by atoms with E-state index in [1.807, 2.05) is 30.5 Å². The molecule has 0 saturated carbocycles. The smallest absolute Gasteiger partial charge is 0.0858 e. The first-order valence-electron chi connectivity index (χ1n) is 4.08. The van der Waals surface area contributed by atoms with E-state index in [9.17, 15) is 0 Å². The van der Waals surface area contributed by atoms with E-state index in [-0.39, 0.29) is 0 Å². The van der Waals surface area contributed by atoms with Gasteiger partial charge < -0.3 is 10.2 Å². The molecule has 2 N–H and O–H groups in total. The zero-order chi connectivity index (χ0) is 9.26. The third-order valence-electron chi connectivity index (χ3n) is 2.13. The first-order valence-corrected chi connectivity index (χ1v) is 4.08. The zero-order valence-electron chi connectivity index (χ0n) is 7.28. The van der Waals surface area contributed by atoms with Crippen molar-refractivity contribution in [2.24, 2.45) is 5.16 Å². The molecule has 0 bridgehead atoms.